The Balaban J connectivity index is 2.69. The maximum Gasteiger partial charge on any atom is 0.137 e. The van der Waals surface area contributed by atoms with Gasteiger partial charge in [0.25, 0.3) is 0 Å². The fourth-order valence-electron chi connectivity index (χ4n) is 1.55. The van der Waals surface area contributed by atoms with Crippen LogP contribution in [0.5, 0.6) is 5.75 Å². The van der Waals surface area contributed by atoms with E-state index in [9.17, 15) is 0 Å². The molecule has 0 bridgehead atoms. The lowest BCUT2D eigenvalue weighted by Crippen LogP contribution is -2.17. The standard InChI is InChI=1S/C14H18ClNO/c1-4-6-9-17-14-8-7-12(10-13(14)15)11(3)16-5-2/h1,7-8,10-11,16H,5-6,9H2,2-3H3. The largest absolute Gasteiger partial charge is 0.491 e. The number of terminal acetylenes is 1. The van der Waals surface area contributed by atoms with Gasteiger partial charge in [-0.15, -0.1) is 12.3 Å². The molecule has 0 amide bonds. The molecule has 0 saturated carbocycles. The molecule has 92 valence electrons. The van der Waals surface area contributed by atoms with Crippen molar-refractivity contribution < 1.29 is 4.74 Å². The van der Waals surface area contributed by atoms with Crippen molar-refractivity contribution in [2.45, 2.75) is 26.3 Å². The minimum Gasteiger partial charge on any atom is -0.491 e. The van der Waals surface area contributed by atoms with Crippen molar-refractivity contribution in [3.05, 3.63) is 28.8 Å². The SMILES string of the molecule is C#CCCOc1ccc(C(C)NCC)cc1Cl. The molecule has 1 unspecified atom stereocenters. The van der Waals surface area contributed by atoms with Crippen LogP contribution in [0.2, 0.25) is 5.02 Å². The summed E-state index contributed by atoms with van der Waals surface area (Å²) in [7, 11) is 0. The van der Waals surface area contributed by atoms with Gasteiger partial charge in [-0.2, -0.15) is 0 Å². The predicted molar refractivity (Wildman–Crippen MR) is 72.5 cm³/mol. The van der Waals surface area contributed by atoms with Gasteiger partial charge in [-0.25, -0.2) is 0 Å². The zero-order valence-corrected chi connectivity index (χ0v) is 11.1. The van der Waals surface area contributed by atoms with Crippen molar-refractivity contribution in [3.8, 4) is 18.1 Å². The lowest BCUT2D eigenvalue weighted by atomic mass is 10.1. The average molecular weight is 252 g/mol. The van der Waals surface area contributed by atoms with Gasteiger partial charge in [0.2, 0.25) is 0 Å². The van der Waals surface area contributed by atoms with Gasteiger partial charge in [0.1, 0.15) is 5.75 Å². The molecule has 0 fully saturated rings. The van der Waals surface area contributed by atoms with Crippen molar-refractivity contribution in [2.24, 2.45) is 0 Å². The highest BCUT2D eigenvalue weighted by molar-refractivity contribution is 6.32. The van der Waals surface area contributed by atoms with Gasteiger partial charge in [0, 0.05) is 12.5 Å². The Labute approximate surface area is 108 Å². The van der Waals surface area contributed by atoms with E-state index in [2.05, 4.69) is 25.1 Å². The number of halogens is 1. The third kappa shape index (κ3) is 4.30. The van der Waals surface area contributed by atoms with Gasteiger partial charge in [-0.1, -0.05) is 24.6 Å². The van der Waals surface area contributed by atoms with E-state index in [0.717, 1.165) is 12.1 Å². The normalized spacial score (nSPS) is 11.9. The molecule has 0 aliphatic carbocycles. The number of hydrogen-bond donors (Lipinski definition) is 1. The molecular weight excluding hydrogens is 234 g/mol. The van der Waals surface area contributed by atoms with Crippen LogP contribution >= 0.6 is 11.6 Å². The molecule has 1 rings (SSSR count). The van der Waals surface area contributed by atoms with E-state index < -0.39 is 0 Å². The monoisotopic (exact) mass is 251 g/mol. The van der Waals surface area contributed by atoms with Gasteiger partial charge in [-0.05, 0) is 31.2 Å². The van der Waals surface area contributed by atoms with E-state index in [1.165, 1.54) is 0 Å². The summed E-state index contributed by atoms with van der Waals surface area (Å²) in [6.45, 7) is 5.61. The minimum atomic E-state index is 0.289. The highest BCUT2D eigenvalue weighted by atomic mass is 35.5. The molecule has 0 saturated heterocycles. The smallest absolute Gasteiger partial charge is 0.137 e. The van der Waals surface area contributed by atoms with Gasteiger partial charge < -0.3 is 10.1 Å². The Morgan fingerprint density at radius 1 is 1.53 bits per heavy atom. The van der Waals surface area contributed by atoms with Crippen LogP contribution in [0.4, 0.5) is 0 Å². The summed E-state index contributed by atoms with van der Waals surface area (Å²) in [6.07, 6.45) is 5.75. The summed E-state index contributed by atoms with van der Waals surface area (Å²) in [4.78, 5) is 0. The highest BCUT2D eigenvalue weighted by Gasteiger charge is 2.07. The second kappa shape index (κ2) is 7.21. The first-order valence-electron chi connectivity index (χ1n) is 5.78. The lowest BCUT2D eigenvalue weighted by molar-refractivity contribution is 0.327. The predicted octanol–water partition coefficient (Wildman–Crippen LogP) is 3.41. The van der Waals surface area contributed by atoms with Crippen LogP contribution in [0.1, 0.15) is 31.9 Å². The van der Waals surface area contributed by atoms with E-state index in [0.29, 0.717) is 23.8 Å². The molecular formula is C14H18ClNO. The zero-order valence-electron chi connectivity index (χ0n) is 10.3. The highest BCUT2D eigenvalue weighted by Crippen LogP contribution is 2.27. The fourth-order valence-corrected chi connectivity index (χ4v) is 1.79. The lowest BCUT2D eigenvalue weighted by Gasteiger charge is -2.14. The second-order valence-corrected chi connectivity index (χ2v) is 4.18. The van der Waals surface area contributed by atoms with Crippen molar-refractivity contribution in [3.63, 3.8) is 0 Å². The first-order valence-corrected chi connectivity index (χ1v) is 6.16. The van der Waals surface area contributed by atoms with E-state index >= 15 is 0 Å². The Hall–Kier alpha value is -1.17. The van der Waals surface area contributed by atoms with Crippen LogP contribution in [0.3, 0.4) is 0 Å². The van der Waals surface area contributed by atoms with Gasteiger partial charge in [-0.3, -0.25) is 0 Å². The molecule has 0 spiro atoms. The Kier molecular flexibility index (Phi) is 5.90. The van der Waals surface area contributed by atoms with Crippen LogP contribution in [-0.2, 0) is 0 Å². The molecule has 0 heterocycles. The van der Waals surface area contributed by atoms with E-state index in [4.69, 9.17) is 22.8 Å². The summed E-state index contributed by atoms with van der Waals surface area (Å²) in [5.74, 6) is 3.21. The quantitative estimate of drug-likeness (QED) is 0.618. The van der Waals surface area contributed by atoms with E-state index in [1.54, 1.807) is 0 Å². The zero-order chi connectivity index (χ0) is 12.7. The second-order valence-electron chi connectivity index (χ2n) is 3.77. The summed E-state index contributed by atoms with van der Waals surface area (Å²) in [6, 6.07) is 6.13. The van der Waals surface area contributed by atoms with E-state index in [-0.39, 0.29) is 6.04 Å². The summed E-state index contributed by atoms with van der Waals surface area (Å²) >= 11 is 6.15. The van der Waals surface area contributed by atoms with Crippen LogP contribution in [0, 0.1) is 12.3 Å². The van der Waals surface area contributed by atoms with Gasteiger partial charge in [0.15, 0.2) is 0 Å². The molecule has 2 nitrogen and oxygen atoms in total. The maximum atomic E-state index is 6.15. The molecule has 1 aromatic carbocycles. The van der Waals surface area contributed by atoms with Crippen molar-refractivity contribution in [1.29, 1.82) is 0 Å². The Morgan fingerprint density at radius 3 is 2.88 bits per heavy atom. The number of rotatable bonds is 6. The summed E-state index contributed by atoms with van der Waals surface area (Å²) < 4.78 is 5.48. The topological polar surface area (TPSA) is 21.3 Å². The molecule has 3 heteroatoms. The molecule has 0 aliphatic rings. The van der Waals surface area contributed by atoms with E-state index in [1.807, 2.05) is 18.2 Å². The van der Waals surface area contributed by atoms with Crippen molar-refractivity contribution in [1.82, 2.24) is 5.32 Å². The fraction of sp³-hybridized carbons (Fsp3) is 0.429. The molecule has 17 heavy (non-hydrogen) atoms. The number of benzene rings is 1. The van der Waals surface area contributed by atoms with Crippen LogP contribution in [0.25, 0.3) is 0 Å². The maximum absolute atomic E-state index is 6.15. The molecule has 0 aliphatic heterocycles. The van der Waals surface area contributed by atoms with Crippen LogP contribution < -0.4 is 10.1 Å². The third-order valence-electron chi connectivity index (χ3n) is 2.47. The first-order chi connectivity index (χ1) is 8.19. The number of hydrogen-bond acceptors (Lipinski definition) is 2. The minimum absolute atomic E-state index is 0.289. The third-order valence-corrected chi connectivity index (χ3v) is 2.77. The molecule has 1 N–H and O–H groups in total. The van der Waals surface area contributed by atoms with Crippen LogP contribution in [0.15, 0.2) is 18.2 Å². The molecule has 0 aromatic heterocycles. The number of ether oxygens (including phenoxy) is 1. The first kappa shape index (κ1) is 13.9. The van der Waals surface area contributed by atoms with Crippen LogP contribution in [-0.4, -0.2) is 13.2 Å². The average Bonchev–Trinajstić information content (AvgIpc) is 2.31. The molecule has 1 aromatic rings. The summed E-state index contributed by atoms with van der Waals surface area (Å²) in [5.41, 5.74) is 1.15. The summed E-state index contributed by atoms with van der Waals surface area (Å²) in [5, 5.41) is 3.96. The van der Waals surface area contributed by atoms with Crippen molar-refractivity contribution in [2.75, 3.05) is 13.2 Å². The van der Waals surface area contributed by atoms with Crippen molar-refractivity contribution >= 4 is 11.6 Å². The van der Waals surface area contributed by atoms with Gasteiger partial charge >= 0.3 is 0 Å². The molecule has 0 radical (unpaired) electrons. The molecule has 1 atom stereocenters. The Bertz CT molecular complexity index is 398. The Morgan fingerprint density at radius 2 is 2.29 bits per heavy atom. The van der Waals surface area contributed by atoms with Gasteiger partial charge in [0.05, 0.1) is 11.6 Å². The number of nitrogens with one attached hydrogen (secondary N) is 1.